The Morgan fingerprint density at radius 1 is 1.79 bits per heavy atom. The van der Waals surface area contributed by atoms with Crippen LogP contribution in [0.3, 0.4) is 0 Å². The van der Waals surface area contributed by atoms with Gasteiger partial charge in [0.1, 0.15) is 6.61 Å². The summed E-state index contributed by atoms with van der Waals surface area (Å²) < 4.78 is 6.10. The molecule has 0 fully saturated rings. The van der Waals surface area contributed by atoms with E-state index in [4.69, 9.17) is 9.84 Å². The Balaban J connectivity index is 2.57. The fourth-order valence-corrected chi connectivity index (χ4v) is 0.812. The van der Waals surface area contributed by atoms with Crippen LogP contribution in [-0.2, 0) is 11.3 Å². The van der Waals surface area contributed by atoms with Crippen molar-refractivity contribution >= 4 is 5.97 Å². The molecule has 0 radical (unpaired) electrons. The number of ether oxygens (including phenoxy) is 1. The van der Waals surface area contributed by atoms with Crippen LogP contribution < -0.4 is 0 Å². The maximum Gasteiger partial charge on any atom is 0.360 e. The molecule has 1 aromatic heterocycles. The lowest BCUT2D eigenvalue weighted by Crippen LogP contribution is -2.05. The lowest BCUT2D eigenvalue weighted by molar-refractivity contribution is 0.0542. The summed E-state index contributed by atoms with van der Waals surface area (Å²) in [4.78, 5) is 11.2. The first-order valence-electron chi connectivity index (χ1n) is 4.07. The van der Waals surface area contributed by atoms with Crippen molar-refractivity contribution in [2.24, 2.45) is 0 Å². The van der Waals surface area contributed by atoms with Crippen LogP contribution >= 0.6 is 0 Å². The summed E-state index contributed by atoms with van der Waals surface area (Å²) in [7, 11) is 0. The number of aliphatic hydroxyl groups excluding tert-OH is 1. The van der Waals surface area contributed by atoms with E-state index < -0.39 is 5.97 Å². The van der Waals surface area contributed by atoms with E-state index in [2.05, 4.69) is 16.9 Å². The summed E-state index contributed by atoms with van der Waals surface area (Å²) >= 11 is 0. The van der Waals surface area contributed by atoms with Gasteiger partial charge in [-0.15, -0.1) is 5.10 Å². The lowest BCUT2D eigenvalue weighted by Gasteiger charge is -1.96. The van der Waals surface area contributed by atoms with Crippen molar-refractivity contribution in [3.8, 4) is 0 Å². The van der Waals surface area contributed by atoms with Crippen molar-refractivity contribution < 1.29 is 14.6 Å². The minimum absolute atomic E-state index is 0.0511. The summed E-state index contributed by atoms with van der Waals surface area (Å²) in [5, 5.41) is 15.8. The van der Waals surface area contributed by atoms with Crippen molar-refractivity contribution in [2.75, 3.05) is 13.2 Å². The average molecular weight is 197 g/mol. The highest BCUT2D eigenvalue weighted by Crippen LogP contribution is 1.96. The van der Waals surface area contributed by atoms with E-state index in [1.54, 1.807) is 0 Å². The number of nitrogens with zero attached hydrogens (tertiary/aromatic N) is 3. The molecule has 0 amide bonds. The van der Waals surface area contributed by atoms with E-state index >= 15 is 0 Å². The molecule has 1 N–H and O–H groups in total. The molecule has 1 rings (SSSR count). The van der Waals surface area contributed by atoms with Crippen LogP contribution in [0, 0.1) is 0 Å². The first-order chi connectivity index (χ1) is 6.77. The molecule has 14 heavy (non-hydrogen) atoms. The van der Waals surface area contributed by atoms with Crippen LogP contribution in [0.4, 0.5) is 0 Å². The first-order valence-corrected chi connectivity index (χ1v) is 4.07. The third-order valence-electron chi connectivity index (χ3n) is 1.41. The standard InChI is InChI=1S/C8H11N3O3/c1-2-5-14-8(13)7-6-11(3-4-12)10-9-7/h2,6,12H,1,3-5H2. The van der Waals surface area contributed by atoms with Gasteiger partial charge in [0.15, 0.2) is 5.69 Å². The quantitative estimate of drug-likeness (QED) is 0.514. The van der Waals surface area contributed by atoms with E-state index in [0.717, 1.165) is 0 Å². The third-order valence-corrected chi connectivity index (χ3v) is 1.41. The zero-order valence-corrected chi connectivity index (χ0v) is 7.59. The second-order valence-electron chi connectivity index (χ2n) is 2.48. The van der Waals surface area contributed by atoms with Crippen LogP contribution in [0.15, 0.2) is 18.9 Å². The molecule has 0 spiro atoms. The number of hydrogen-bond donors (Lipinski definition) is 1. The Morgan fingerprint density at radius 2 is 2.57 bits per heavy atom. The molecule has 6 nitrogen and oxygen atoms in total. The Morgan fingerprint density at radius 3 is 3.21 bits per heavy atom. The summed E-state index contributed by atoms with van der Waals surface area (Å²) in [5.41, 5.74) is 0.125. The van der Waals surface area contributed by atoms with E-state index in [0.29, 0.717) is 6.54 Å². The highest BCUT2D eigenvalue weighted by atomic mass is 16.5. The topological polar surface area (TPSA) is 77.2 Å². The Bertz CT molecular complexity index is 321. The second kappa shape index (κ2) is 5.13. The van der Waals surface area contributed by atoms with Gasteiger partial charge in [0, 0.05) is 0 Å². The highest BCUT2D eigenvalue weighted by molar-refractivity contribution is 5.86. The van der Waals surface area contributed by atoms with Gasteiger partial charge in [0.2, 0.25) is 0 Å². The van der Waals surface area contributed by atoms with Crippen LogP contribution in [0.25, 0.3) is 0 Å². The first kappa shape index (κ1) is 10.4. The van der Waals surface area contributed by atoms with E-state index in [1.165, 1.54) is 17.0 Å². The molecule has 1 heterocycles. The van der Waals surface area contributed by atoms with Gasteiger partial charge in [0.05, 0.1) is 19.3 Å². The molecular weight excluding hydrogens is 186 g/mol. The van der Waals surface area contributed by atoms with Gasteiger partial charge in [0.25, 0.3) is 0 Å². The Labute approximate surface area is 80.8 Å². The molecule has 0 aliphatic carbocycles. The smallest absolute Gasteiger partial charge is 0.360 e. The number of aromatic nitrogens is 3. The molecule has 0 atom stereocenters. The highest BCUT2D eigenvalue weighted by Gasteiger charge is 2.10. The van der Waals surface area contributed by atoms with E-state index in [-0.39, 0.29) is 18.9 Å². The van der Waals surface area contributed by atoms with Crippen molar-refractivity contribution in [3.63, 3.8) is 0 Å². The molecule has 0 aliphatic heterocycles. The predicted octanol–water partition coefficient (Wildman–Crippen LogP) is -0.387. The van der Waals surface area contributed by atoms with Crippen LogP contribution in [0.1, 0.15) is 10.5 Å². The summed E-state index contributed by atoms with van der Waals surface area (Å²) in [5.74, 6) is -0.547. The molecule has 0 saturated heterocycles. The fourth-order valence-electron chi connectivity index (χ4n) is 0.812. The average Bonchev–Trinajstić information content (AvgIpc) is 2.63. The normalized spacial score (nSPS) is 9.79. The molecule has 1 aromatic rings. The van der Waals surface area contributed by atoms with E-state index in [9.17, 15) is 4.79 Å². The number of carbonyl (C=O) groups excluding carboxylic acids is 1. The second-order valence-corrected chi connectivity index (χ2v) is 2.48. The minimum atomic E-state index is -0.547. The number of rotatable bonds is 5. The summed E-state index contributed by atoms with van der Waals surface area (Å²) in [6.45, 7) is 3.81. The van der Waals surface area contributed by atoms with Gasteiger partial charge in [-0.2, -0.15) is 0 Å². The van der Waals surface area contributed by atoms with Gasteiger partial charge in [-0.05, 0) is 0 Å². The number of hydrogen-bond acceptors (Lipinski definition) is 5. The van der Waals surface area contributed by atoms with Gasteiger partial charge in [-0.1, -0.05) is 17.9 Å². The molecule has 76 valence electrons. The number of aliphatic hydroxyl groups is 1. The molecule has 6 heteroatoms. The predicted molar refractivity (Wildman–Crippen MR) is 47.6 cm³/mol. The Hall–Kier alpha value is -1.69. The van der Waals surface area contributed by atoms with Crippen molar-refractivity contribution in [2.45, 2.75) is 6.54 Å². The third kappa shape index (κ3) is 2.67. The zero-order valence-electron chi connectivity index (χ0n) is 7.59. The number of carbonyl (C=O) groups is 1. The number of esters is 1. The fraction of sp³-hybridized carbons (Fsp3) is 0.375. The molecule has 0 unspecified atom stereocenters. The van der Waals surface area contributed by atoms with Crippen molar-refractivity contribution in [1.29, 1.82) is 0 Å². The Kier molecular flexibility index (Phi) is 3.81. The monoisotopic (exact) mass is 197 g/mol. The molecule has 0 bridgehead atoms. The van der Waals surface area contributed by atoms with E-state index in [1.807, 2.05) is 0 Å². The summed E-state index contributed by atoms with van der Waals surface area (Å²) in [6, 6.07) is 0. The minimum Gasteiger partial charge on any atom is -0.457 e. The van der Waals surface area contributed by atoms with Crippen molar-refractivity contribution in [3.05, 3.63) is 24.5 Å². The molecule has 0 aliphatic rings. The van der Waals surface area contributed by atoms with Crippen LogP contribution in [-0.4, -0.2) is 39.3 Å². The molecule has 0 saturated carbocycles. The molecule has 0 aromatic carbocycles. The van der Waals surface area contributed by atoms with Gasteiger partial charge >= 0.3 is 5.97 Å². The van der Waals surface area contributed by atoms with Gasteiger partial charge < -0.3 is 9.84 Å². The maximum atomic E-state index is 11.2. The summed E-state index contributed by atoms with van der Waals surface area (Å²) in [6.07, 6.45) is 2.89. The largest absolute Gasteiger partial charge is 0.457 e. The zero-order chi connectivity index (χ0) is 10.4. The van der Waals surface area contributed by atoms with Gasteiger partial charge in [-0.25, -0.2) is 9.48 Å². The molecular formula is C8H11N3O3. The van der Waals surface area contributed by atoms with Crippen LogP contribution in [0.2, 0.25) is 0 Å². The van der Waals surface area contributed by atoms with Gasteiger partial charge in [-0.3, -0.25) is 0 Å². The lowest BCUT2D eigenvalue weighted by atomic mass is 10.5. The SMILES string of the molecule is C=CCOC(=O)c1cn(CCO)nn1. The maximum absolute atomic E-state index is 11.2. The van der Waals surface area contributed by atoms with Crippen LogP contribution in [0.5, 0.6) is 0 Å². The van der Waals surface area contributed by atoms with Crippen molar-refractivity contribution in [1.82, 2.24) is 15.0 Å².